The molecule has 0 aromatic carbocycles. The van der Waals surface area contributed by atoms with E-state index in [9.17, 15) is 0 Å². The molecule has 0 bridgehead atoms. The molecule has 2 nitrogen and oxygen atoms in total. The van der Waals surface area contributed by atoms with Crippen molar-refractivity contribution in [2.45, 2.75) is 44.8 Å². The molecule has 1 rings (SSSR count). The van der Waals surface area contributed by atoms with Gasteiger partial charge in [0.15, 0.2) is 0 Å². The van der Waals surface area contributed by atoms with E-state index in [1.165, 1.54) is 12.0 Å². The predicted molar refractivity (Wildman–Crippen MR) is 51.0 cm³/mol. The highest BCUT2D eigenvalue weighted by atomic mass is 16.5. The van der Waals surface area contributed by atoms with Crippen molar-refractivity contribution in [3.8, 4) is 0 Å². The third-order valence-corrected chi connectivity index (χ3v) is 2.36. The molecule has 70 valence electrons. The van der Waals surface area contributed by atoms with E-state index >= 15 is 0 Å². The fourth-order valence-electron chi connectivity index (χ4n) is 1.55. The Balaban J connectivity index is 2.10. The van der Waals surface area contributed by atoms with Crippen molar-refractivity contribution < 1.29 is 4.74 Å². The minimum absolute atomic E-state index is 0.273. The van der Waals surface area contributed by atoms with E-state index < -0.39 is 0 Å². The van der Waals surface area contributed by atoms with Crippen LogP contribution in [0.4, 0.5) is 0 Å². The summed E-state index contributed by atoms with van der Waals surface area (Å²) >= 11 is 0. The van der Waals surface area contributed by atoms with Gasteiger partial charge in [-0.1, -0.05) is 5.57 Å². The van der Waals surface area contributed by atoms with Gasteiger partial charge in [0, 0.05) is 6.04 Å². The van der Waals surface area contributed by atoms with Crippen LogP contribution in [0.5, 0.6) is 0 Å². The zero-order valence-corrected chi connectivity index (χ0v) is 7.88. The van der Waals surface area contributed by atoms with Crippen LogP contribution in [0.2, 0.25) is 0 Å². The summed E-state index contributed by atoms with van der Waals surface area (Å²) in [5, 5.41) is 0. The van der Waals surface area contributed by atoms with E-state index in [0.29, 0.717) is 6.10 Å². The van der Waals surface area contributed by atoms with Crippen molar-refractivity contribution in [3.05, 3.63) is 12.2 Å². The van der Waals surface area contributed by atoms with Gasteiger partial charge in [0.05, 0.1) is 12.7 Å². The molecule has 12 heavy (non-hydrogen) atoms. The minimum atomic E-state index is 0.273. The SMILES string of the molecule is C=C(C)CCOC1CCCC1N. The summed E-state index contributed by atoms with van der Waals surface area (Å²) in [4.78, 5) is 0. The van der Waals surface area contributed by atoms with Crippen molar-refractivity contribution in [1.82, 2.24) is 0 Å². The molecule has 1 saturated carbocycles. The van der Waals surface area contributed by atoms with Gasteiger partial charge in [0.25, 0.3) is 0 Å². The van der Waals surface area contributed by atoms with E-state index in [0.717, 1.165) is 25.9 Å². The third-order valence-electron chi connectivity index (χ3n) is 2.36. The minimum Gasteiger partial charge on any atom is -0.376 e. The Bertz CT molecular complexity index is 156. The van der Waals surface area contributed by atoms with Gasteiger partial charge in [-0.15, -0.1) is 6.58 Å². The van der Waals surface area contributed by atoms with Crippen LogP contribution in [-0.4, -0.2) is 18.8 Å². The smallest absolute Gasteiger partial charge is 0.0726 e. The molecule has 0 aromatic heterocycles. The lowest BCUT2D eigenvalue weighted by Crippen LogP contribution is -2.31. The van der Waals surface area contributed by atoms with Gasteiger partial charge in [0.1, 0.15) is 0 Å². The highest BCUT2D eigenvalue weighted by Crippen LogP contribution is 2.20. The molecule has 0 aliphatic heterocycles. The second kappa shape index (κ2) is 4.63. The summed E-state index contributed by atoms with van der Waals surface area (Å²) in [5.41, 5.74) is 7.03. The lowest BCUT2D eigenvalue weighted by atomic mass is 10.2. The quantitative estimate of drug-likeness (QED) is 0.652. The number of rotatable bonds is 4. The Kier molecular flexibility index (Phi) is 3.76. The standard InChI is InChI=1S/C10H19NO/c1-8(2)6-7-12-10-5-3-4-9(10)11/h9-10H,1,3-7,11H2,2H3. The van der Waals surface area contributed by atoms with Gasteiger partial charge in [-0.05, 0) is 32.6 Å². The molecule has 1 fully saturated rings. The van der Waals surface area contributed by atoms with Crippen LogP contribution in [0.1, 0.15) is 32.6 Å². The second-order valence-electron chi connectivity index (χ2n) is 3.71. The number of ether oxygens (including phenoxy) is 1. The molecule has 0 amide bonds. The topological polar surface area (TPSA) is 35.2 Å². The zero-order valence-electron chi connectivity index (χ0n) is 7.88. The first-order chi connectivity index (χ1) is 5.70. The summed E-state index contributed by atoms with van der Waals surface area (Å²) in [6.45, 7) is 6.64. The van der Waals surface area contributed by atoms with E-state index in [4.69, 9.17) is 10.5 Å². The molecule has 0 heterocycles. The van der Waals surface area contributed by atoms with Gasteiger partial charge < -0.3 is 10.5 Å². The highest BCUT2D eigenvalue weighted by molar-refractivity contribution is 4.88. The normalized spacial score (nSPS) is 29.2. The Morgan fingerprint density at radius 1 is 1.58 bits per heavy atom. The van der Waals surface area contributed by atoms with Crippen LogP contribution in [0, 0.1) is 0 Å². The van der Waals surface area contributed by atoms with Crippen molar-refractivity contribution in [2.24, 2.45) is 5.73 Å². The van der Waals surface area contributed by atoms with Gasteiger partial charge in [0.2, 0.25) is 0 Å². The summed E-state index contributed by atoms with van der Waals surface area (Å²) < 4.78 is 5.64. The van der Waals surface area contributed by atoms with Gasteiger partial charge in [-0.3, -0.25) is 0 Å². The van der Waals surface area contributed by atoms with Crippen molar-refractivity contribution >= 4 is 0 Å². The van der Waals surface area contributed by atoms with Crippen molar-refractivity contribution in [3.63, 3.8) is 0 Å². The molecule has 2 N–H and O–H groups in total. The average molecular weight is 169 g/mol. The second-order valence-corrected chi connectivity index (χ2v) is 3.71. The van der Waals surface area contributed by atoms with Gasteiger partial charge in [-0.2, -0.15) is 0 Å². The first-order valence-corrected chi connectivity index (χ1v) is 4.71. The molecule has 1 aliphatic rings. The van der Waals surface area contributed by atoms with E-state index in [-0.39, 0.29) is 6.04 Å². The van der Waals surface area contributed by atoms with E-state index in [1.807, 2.05) is 6.92 Å². The molecule has 2 heteroatoms. The maximum absolute atomic E-state index is 5.85. The summed E-state index contributed by atoms with van der Waals surface area (Å²) in [6, 6.07) is 0.273. The Hall–Kier alpha value is -0.340. The molecule has 0 aromatic rings. The van der Waals surface area contributed by atoms with Gasteiger partial charge in [-0.25, -0.2) is 0 Å². The van der Waals surface area contributed by atoms with E-state index in [2.05, 4.69) is 6.58 Å². The van der Waals surface area contributed by atoms with Crippen LogP contribution < -0.4 is 5.73 Å². The zero-order chi connectivity index (χ0) is 8.97. The van der Waals surface area contributed by atoms with Crippen LogP contribution in [-0.2, 0) is 4.74 Å². The van der Waals surface area contributed by atoms with Crippen LogP contribution in [0.3, 0.4) is 0 Å². The fraction of sp³-hybridized carbons (Fsp3) is 0.800. The molecular formula is C10H19NO. The summed E-state index contributed by atoms with van der Waals surface area (Å²) in [5.74, 6) is 0. The number of hydrogen-bond donors (Lipinski definition) is 1. The number of nitrogens with two attached hydrogens (primary N) is 1. The lowest BCUT2D eigenvalue weighted by molar-refractivity contribution is 0.0503. The fourth-order valence-corrected chi connectivity index (χ4v) is 1.55. The highest BCUT2D eigenvalue weighted by Gasteiger charge is 2.23. The molecule has 2 atom stereocenters. The first-order valence-electron chi connectivity index (χ1n) is 4.71. The predicted octanol–water partition coefficient (Wildman–Crippen LogP) is 1.85. The first kappa shape index (κ1) is 9.75. The van der Waals surface area contributed by atoms with Crippen molar-refractivity contribution in [1.29, 1.82) is 0 Å². The van der Waals surface area contributed by atoms with Crippen molar-refractivity contribution in [2.75, 3.05) is 6.61 Å². The molecular weight excluding hydrogens is 150 g/mol. The maximum atomic E-state index is 5.85. The largest absolute Gasteiger partial charge is 0.376 e. The third kappa shape index (κ3) is 2.95. The average Bonchev–Trinajstić information content (AvgIpc) is 2.36. The maximum Gasteiger partial charge on any atom is 0.0726 e. The van der Waals surface area contributed by atoms with Crippen LogP contribution in [0.25, 0.3) is 0 Å². The Morgan fingerprint density at radius 2 is 2.33 bits per heavy atom. The molecule has 0 spiro atoms. The van der Waals surface area contributed by atoms with Crippen LogP contribution >= 0.6 is 0 Å². The van der Waals surface area contributed by atoms with Crippen LogP contribution in [0.15, 0.2) is 12.2 Å². The monoisotopic (exact) mass is 169 g/mol. The molecule has 0 saturated heterocycles. The Labute approximate surface area is 74.8 Å². The number of hydrogen-bond acceptors (Lipinski definition) is 2. The molecule has 2 unspecified atom stereocenters. The Morgan fingerprint density at radius 3 is 2.83 bits per heavy atom. The molecule has 1 aliphatic carbocycles. The lowest BCUT2D eigenvalue weighted by Gasteiger charge is -2.15. The van der Waals surface area contributed by atoms with Gasteiger partial charge >= 0.3 is 0 Å². The van der Waals surface area contributed by atoms with E-state index in [1.54, 1.807) is 0 Å². The summed E-state index contributed by atoms with van der Waals surface area (Å²) in [7, 11) is 0. The summed E-state index contributed by atoms with van der Waals surface area (Å²) in [6.07, 6.45) is 4.75. The molecule has 0 radical (unpaired) electrons.